The van der Waals surface area contributed by atoms with Crippen molar-refractivity contribution >= 4 is 27.5 Å². The number of sulfonamides is 1. The lowest BCUT2D eigenvalue weighted by Crippen LogP contribution is -2.54. The van der Waals surface area contributed by atoms with Crippen molar-refractivity contribution in [2.75, 3.05) is 25.1 Å². The topological polar surface area (TPSA) is 105 Å². The van der Waals surface area contributed by atoms with Crippen molar-refractivity contribution in [3.05, 3.63) is 119 Å². The maximum absolute atomic E-state index is 14.7. The molecule has 0 aliphatic rings. The number of nitrogens with zero attached hydrogens (tertiary/aromatic N) is 2. The Morgan fingerprint density at radius 3 is 1.98 bits per heavy atom. The Bertz CT molecular complexity index is 1780. The quantitative estimate of drug-likeness (QED) is 0.165. The van der Waals surface area contributed by atoms with E-state index in [1.165, 1.54) is 37.3 Å². The summed E-state index contributed by atoms with van der Waals surface area (Å²) in [5.74, 6) is -0.229. The van der Waals surface area contributed by atoms with Crippen LogP contribution in [0.25, 0.3) is 0 Å². The van der Waals surface area contributed by atoms with Gasteiger partial charge in [0, 0.05) is 25.1 Å². The number of ether oxygens (including phenoxy) is 2. The smallest absolute Gasteiger partial charge is 0.264 e. The Balaban J connectivity index is 1.82. The predicted octanol–water partition coefficient (Wildman–Crippen LogP) is 6.07. The first-order chi connectivity index (χ1) is 23.0. The zero-order chi connectivity index (χ0) is 34.8. The average Bonchev–Trinajstić information content (AvgIpc) is 3.09. The second-order valence-electron chi connectivity index (χ2n) is 11.9. The molecule has 0 saturated heterocycles. The van der Waals surface area contributed by atoms with Gasteiger partial charge in [-0.2, -0.15) is 0 Å². The van der Waals surface area contributed by atoms with Crippen molar-refractivity contribution < 1.29 is 27.5 Å². The number of amides is 2. The standard InChI is InChI=1S/C38H45N3O6S/c1-7-29(4)39-38(43)34(23-30-11-9-8-10-12-30)40(25-31-17-13-27(2)14-18-31)37(42)26-41(32-19-15-28(3)16-20-32)48(44,45)33-21-22-35(46-5)36(24-33)47-6/h8-22,24,29,34H,7,23,25-26H2,1-6H3,(H,39,43). The van der Waals surface area contributed by atoms with E-state index in [1.54, 1.807) is 24.3 Å². The zero-order valence-electron chi connectivity index (χ0n) is 28.5. The van der Waals surface area contributed by atoms with E-state index in [-0.39, 0.29) is 35.6 Å². The third-order valence-electron chi connectivity index (χ3n) is 8.29. The maximum Gasteiger partial charge on any atom is 0.264 e. The summed E-state index contributed by atoms with van der Waals surface area (Å²) in [6, 6.07) is 27.4. The number of carbonyl (C=O) groups is 2. The van der Waals surface area contributed by atoms with Crippen molar-refractivity contribution in [1.82, 2.24) is 10.2 Å². The van der Waals surface area contributed by atoms with Crippen LogP contribution in [-0.2, 0) is 32.6 Å². The largest absolute Gasteiger partial charge is 0.493 e. The Hall–Kier alpha value is -4.83. The molecule has 2 atom stereocenters. The van der Waals surface area contributed by atoms with Gasteiger partial charge in [-0.3, -0.25) is 13.9 Å². The minimum Gasteiger partial charge on any atom is -0.493 e. The number of aryl methyl sites for hydroxylation is 2. The Morgan fingerprint density at radius 1 is 0.792 bits per heavy atom. The molecule has 0 radical (unpaired) electrons. The van der Waals surface area contributed by atoms with Crippen LogP contribution in [0, 0.1) is 13.8 Å². The fourth-order valence-electron chi connectivity index (χ4n) is 5.23. The minimum absolute atomic E-state index is 0.0750. The number of rotatable bonds is 15. The minimum atomic E-state index is -4.31. The van der Waals surface area contributed by atoms with E-state index in [0.29, 0.717) is 17.9 Å². The van der Waals surface area contributed by atoms with Gasteiger partial charge in [-0.25, -0.2) is 8.42 Å². The van der Waals surface area contributed by atoms with Gasteiger partial charge in [0.15, 0.2) is 11.5 Å². The Kier molecular flexibility index (Phi) is 12.2. The van der Waals surface area contributed by atoms with E-state index in [0.717, 1.165) is 26.6 Å². The molecule has 10 heteroatoms. The van der Waals surface area contributed by atoms with Crippen molar-refractivity contribution in [3.8, 4) is 11.5 Å². The highest BCUT2D eigenvalue weighted by molar-refractivity contribution is 7.92. The highest BCUT2D eigenvalue weighted by Crippen LogP contribution is 2.32. The van der Waals surface area contributed by atoms with Gasteiger partial charge in [0.05, 0.1) is 24.8 Å². The summed E-state index contributed by atoms with van der Waals surface area (Å²) in [4.78, 5) is 30.1. The molecule has 0 aliphatic carbocycles. The van der Waals surface area contributed by atoms with Crippen LogP contribution in [0.15, 0.2) is 102 Å². The van der Waals surface area contributed by atoms with Gasteiger partial charge in [-0.15, -0.1) is 0 Å². The second-order valence-corrected chi connectivity index (χ2v) is 13.8. The van der Waals surface area contributed by atoms with Gasteiger partial charge in [-0.1, -0.05) is 84.8 Å². The van der Waals surface area contributed by atoms with Crippen molar-refractivity contribution in [3.63, 3.8) is 0 Å². The van der Waals surface area contributed by atoms with Crippen LogP contribution < -0.4 is 19.1 Å². The molecule has 9 nitrogen and oxygen atoms in total. The Morgan fingerprint density at radius 2 is 1.40 bits per heavy atom. The van der Waals surface area contributed by atoms with Crippen LogP contribution >= 0.6 is 0 Å². The summed E-state index contributed by atoms with van der Waals surface area (Å²) >= 11 is 0. The summed E-state index contributed by atoms with van der Waals surface area (Å²) in [5, 5.41) is 3.06. The van der Waals surface area contributed by atoms with Crippen molar-refractivity contribution in [1.29, 1.82) is 0 Å². The number of methoxy groups -OCH3 is 2. The third-order valence-corrected chi connectivity index (χ3v) is 10.1. The molecule has 4 rings (SSSR count). The molecule has 0 bridgehead atoms. The summed E-state index contributed by atoms with van der Waals surface area (Å²) in [7, 11) is -1.42. The fourth-order valence-corrected chi connectivity index (χ4v) is 6.66. The number of carbonyl (C=O) groups excluding carboxylic acids is 2. The van der Waals surface area contributed by atoms with Crippen LogP contribution in [-0.4, -0.2) is 58.0 Å². The first kappa shape index (κ1) is 36.0. The summed E-state index contributed by atoms with van der Waals surface area (Å²) < 4.78 is 40.6. The number of anilines is 1. The van der Waals surface area contributed by atoms with Crippen LogP contribution in [0.3, 0.4) is 0 Å². The molecule has 4 aromatic carbocycles. The van der Waals surface area contributed by atoms with Gasteiger partial charge >= 0.3 is 0 Å². The highest BCUT2D eigenvalue weighted by atomic mass is 32.2. The lowest BCUT2D eigenvalue weighted by molar-refractivity contribution is -0.140. The van der Waals surface area contributed by atoms with Crippen molar-refractivity contribution in [2.24, 2.45) is 0 Å². The first-order valence-corrected chi connectivity index (χ1v) is 17.4. The van der Waals surface area contributed by atoms with Gasteiger partial charge in [0.2, 0.25) is 11.8 Å². The number of hydrogen-bond donors (Lipinski definition) is 1. The van der Waals surface area contributed by atoms with E-state index in [9.17, 15) is 18.0 Å². The molecule has 0 heterocycles. The molecule has 254 valence electrons. The SMILES string of the molecule is CCC(C)NC(=O)C(Cc1ccccc1)N(Cc1ccc(C)cc1)C(=O)CN(c1ccc(C)cc1)S(=O)(=O)c1ccc(OC)c(OC)c1. The molecular weight excluding hydrogens is 627 g/mol. The van der Waals surface area contributed by atoms with Crippen LogP contribution in [0.5, 0.6) is 11.5 Å². The number of nitrogens with one attached hydrogen (secondary N) is 1. The molecule has 2 amide bonds. The van der Waals surface area contributed by atoms with Crippen molar-refractivity contribution in [2.45, 2.75) is 64.1 Å². The molecule has 1 N–H and O–H groups in total. The molecule has 0 saturated carbocycles. The highest BCUT2D eigenvalue weighted by Gasteiger charge is 2.35. The molecule has 0 aliphatic heterocycles. The van der Waals surface area contributed by atoms with Gasteiger partial charge in [0.25, 0.3) is 10.0 Å². The van der Waals surface area contributed by atoms with E-state index in [1.807, 2.05) is 82.3 Å². The second kappa shape index (κ2) is 16.3. The van der Waals surface area contributed by atoms with E-state index in [2.05, 4.69) is 5.32 Å². The summed E-state index contributed by atoms with van der Waals surface area (Å²) in [6.45, 7) is 7.32. The molecule has 0 fully saturated rings. The average molecular weight is 672 g/mol. The van der Waals surface area contributed by atoms with Gasteiger partial charge in [0.1, 0.15) is 12.6 Å². The predicted molar refractivity (Wildman–Crippen MR) is 189 cm³/mol. The monoisotopic (exact) mass is 671 g/mol. The third kappa shape index (κ3) is 8.95. The van der Waals surface area contributed by atoms with Crippen LogP contribution in [0.2, 0.25) is 0 Å². The molecular formula is C38H45N3O6S. The molecule has 0 spiro atoms. The zero-order valence-corrected chi connectivity index (χ0v) is 29.3. The van der Waals surface area contributed by atoms with E-state index >= 15 is 0 Å². The van der Waals surface area contributed by atoms with Gasteiger partial charge < -0.3 is 19.7 Å². The lowest BCUT2D eigenvalue weighted by Gasteiger charge is -2.34. The van der Waals surface area contributed by atoms with Crippen LogP contribution in [0.1, 0.15) is 42.5 Å². The fraction of sp³-hybridized carbons (Fsp3) is 0.316. The lowest BCUT2D eigenvalue weighted by atomic mass is 10.0. The molecule has 2 unspecified atom stereocenters. The summed E-state index contributed by atoms with van der Waals surface area (Å²) in [5.41, 5.74) is 3.98. The van der Waals surface area contributed by atoms with E-state index < -0.39 is 28.5 Å². The Labute approximate surface area is 284 Å². The first-order valence-electron chi connectivity index (χ1n) is 16.0. The number of hydrogen-bond acceptors (Lipinski definition) is 6. The van der Waals surface area contributed by atoms with Gasteiger partial charge in [-0.05, 0) is 62.6 Å². The molecule has 48 heavy (non-hydrogen) atoms. The summed E-state index contributed by atoms with van der Waals surface area (Å²) in [6.07, 6.45) is 0.953. The normalized spacial score (nSPS) is 12.5. The maximum atomic E-state index is 14.7. The molecule has 4 aromatic rings. The molecule has 0 aromatic heterocycles. The van der Waals surface area contributed by atoms with E-state index in [4.69, 9.17) is 9.47 Å². The number of benzene rings is 4. The van der Waals surface area contributed by atoms with Crippen LogP contribution in [0.4, 0.5) is 5.69 Å².